The lowest BCUT2D eigenvalue weighted by Gasteiger charge is -2.07. The summed E-state index contributed by atoms with van der Waals surface area (Å²) < 4.78 is 30.2. The van der Waals surface area contributed by atoms with Gasteiger partial charge in [-0.05, 0) is 13.0 Å². The number of aromatic nitrogens is 2. The lowest BCUT2D eigenvalue weighted by Crippen LogP contribution is -2.05. The van der Waals surface area contributed by atoms with Crippen molar-refractivity contribution in [2.45, 2.75) is 13.5 Å². The highest BCUT2D eigenvalue weighted by Crippen LogP contribution is 2.24. The molecule has 0 aliphatic rings. The van der Waals surface area contributed by atoms with Crippen LogP contribution in [0.4, 0.5) is 20.4 Å². The Hall–Kier alpha value is -3.04. The Morgan fingerprint density at radius 2 is 2.27 bits per heavy atom. The molecule has 0 radical (unpaired) electrons. The van der Waals surface area contributed by atoms with Crippen LogP contribution in [-0.2, 0) is 0 Å². The molecule has 0 saturated carbocycles. The van der Waals surface area contributed by atoms with Crippen molar-refractivity contribution in [2.75, 3.05) is 5.73 Å². The number of alkyl halides is 2. The third kappa shape index (κ3) is 3.53. The molecule has 0 aliphatic carbocycles. The predicted molar refractivity (Wildman–Crippen MR) is 74.1 cm³/mol. The zero-order valence-corrected chi connectivity index (χ0v) is 11.3. The fraction of sp³-hybridized carbons (Fsp3) is 0.167. The van der Waals surface area contributed by atoms with Gasteiger partial charge in [-0.1, -0.05) is 0 Å². The molecule has 1 heterocycles. The number of benzene rings is 1. The molecule has 0 spiro atoms. The Morgan fingerprint density at radius 3 is 2.82 bits per heavy atom. The van der Waals surface area contributed by atoms with Crippen LogP contribution in [0, 0.1) is 17.0 Å². The van der Waals surface area contributed by atoms with Crippen molar-refractivity contribution < 1.29 is 18.4 Å². The monoisotopic (exact) mass is 311 g/mol. The van der Waals surface area contributed by atoms with Crippen LogP contribution in [-0.4, -0.2) is 27.4 Å². The third-order valence-electron chi connectivity index (χ3n) is 2.58. The van der Waals surface area contributed by atoms with Crippen molar-refractivity contribution in [1.29, 1.82) is 0 Å². The van der Waals surface area contributed by atoms with Gasteiger partial charge in [0, 0.05) is 17.7 Å². The van der Waals surface area contributed by atoms with E-state index in [1.54, 1.807) is 6.92 Å². The molecule has 0 atom stereocenters. The Bertz CT molecular complexity index is 730. The summed E-state index contributed by atoms with van der Waals surface area (Å²) in [4.78, 5) is 14.0. The summed E-state index contributed by atoms with van der Waals surface area (Å²) in [5.41, 5.74) is 5.92. The second-order valence-corrected chi connectivity index (χ2v) is 4.19. The first-order valence-electron chi connectivity index (χ1n) is 5.96. The summed E-state index contributed by atoms with van der Waals surface area (Å²) in [6, 6.07) is 3.21. The SMILES string of the molecule is Cc1cn(N=Cc2cc([N+](=O)[O-])ccc2OC(F)F)c(N)n1. The zero-order chi connectivity index (χ0) is 16.3. The van der Waals surface area contributed by atoms with Gasteiger partial charge in [-0.25, -0.2) is 9.66 Å². The fourth-order valence-corrected chi connectivity index (χ4v) is 1.67. The van der Waals surface area contributed by atoms with Gasteiger partial charge in [0.25, 0.3) is 5.69 Å². The summed E-state index contributed by atoms with van der Waals surface area (Å²) in [5, 5.41) is 14.7. The standard InChI is InChI=1S/C12H11F2N5O3/c1-7-6-18(12(15)17-7)16-5-8-4-9(19(20)21)2-3-10(8)22-11(13)14/h2-6,11H,1H3,(H2,15,17). The number of ether oxygens (including phenoxy) is 1. The van der Waals surface area contributed by atoms with Crippen LogP contribution in [0.3, 0.4) is 0 Å². The summed E-state index contributed by atoms with van der Waals surface area (Å²) in [6.45, 7) is -1.37. The van der Waals surface area contributed by atoms with Crippen LogP contribution in [0.1, 0.15) is 11.3 Å². The van der Waals surface area contributed by atoms with Crippen LogP contribution in [0.2, 0.25) is 0 Å². The summed E-state index contributed by atoms with van der Waals surface area (Å²) >= 11 is 0. The molecule has 0 fully saturated rings. The molecule has 2 rings (SSSR count). The highest BCUT2D eigenvalue weighted by Gasteiger charge is 2.14. The first-order chi connectivity index (χ1) is 10.4. The smallest absolute Gasteiger partial charge is 0.387 e. The largest absolute Gasteiger partial charge is 0.434 e. The lowest BCUT2D eigenvalue weighted by molar-refractivity contribution is -0.384. The Labute approximate surface area is 123 Å². The summed E-state index contributed by atoms with van der Waals surface area (Å²) in [6.07, 6.45) is 2.64. The molecule has 2 aromatic rings. The molecule has 116 valence electrons. The number of non-ortho nitro benzene ring substituents is 1. The van der Waals surface area contributed by atoms with Crippen LogP contribution in [0.25, 0.3) is 0 Å². The molecule has 0 saturated heterocycles. The van der Waals surface area contributed by atoms with E-state index in [9.17, 15) is 18.9 Å². The van der Waals surface area contributed by atoms with Crippen molar-refractivity contribution in [3.8, 4) is 5.75 Å². The van der Waals surface area contributed by atoms with Gasteiger partial charge in [0.05, 0.1) is 23.0 Å². The first-order valence-corrected chi connectivity index (χ1v) is 5.96. The van der Waals surface area contributed by atoms with E-state index < -0.39 is 11.5 Å². The predicted octanol–water partition coefficient (Wildman–Crippen LogP) is 2.17. The second kappa shape index (κ2) is 6.16. The van der Waals surface area contributed by atoms with Gasteiger partial charge >= 0.3 is 6.61 Å². The normalized spacial score (nSPS) is 11.3. The van der Waals surface area contributed by atoms with Gasteiger partial charge in [-0.2, -0.15) is 13.9 Å². The van der Waals surface area contributed by atoms with Crippen molar-refractivity contribution in [3.05, 3.63) is 45.8 Å². The zero-order valence-electron chi connectivity index (χ0n) is 11.3. The van der Waals surface area contributed by atoms with Gasteiger partial charge in [0.1, 0.15) is 5.75 Å². The van der Waals surface area contributed by atoms with E-state index in [0.29, 0.717) is 5.69 Å². The number of nitro benzene ring substituents is 1. The third-order valence-corrected chi connectivity index (χ3v) is 2.58. The average Bonchev–Trinajstić information content (AvgIpc) is 2.75. The number of halogens is 2. The lowest BCUT2D eigenvalue weighted by atomic mass is 10.2. The number of nitrogens with two attached hydrogens (primary N) is 1. The van der Waals surface area contributed by atoms with Crippen LogP contribution in [0.5, 0.6) is 5.75 Å². The molecule has 0 unspecified atom stereocenters. The number of nitro groups is 1. The van der Waals surface area contributed by atoms with E-state index in [4.69, 9.17) is 5.73 Å². The number of imidazole rings is 1. The number of hydrogen-bond donors (Lipinski definition) is 1. The molecular formula is C12H11F2N5O3. The van der Waals surface area contributed by atoms with E-state index in [2.05, 4.69) is 14.8 Å². The van der Waals surface area contributed by atoms with Gasteiger partial charge in [-0.15, -0.1) is 0 Å². The Balaban J connectivity index is 2.39. The quantitative estimate of drug-likeness (QED) is 0.517. The van der Waals surface area contributed by atoms with Gasteiger partial charge < -0.3 is 10.5 Å². The molecule has 1 aromatic heterocycles. The van der Waals surface area contributed by atoms with E-state index in [-0.39, 0.29) is 22.9 Å². The highest BCUT2D eigenvalue weighted by molar-refractivity contribution is 5.84. The fourth-order valence-electron chi connectivity index (χ4n) is 1.67. The van der Waals surface area contributed by atoms with Crippen LogP contribution in [0.15, 0.2) is 29.5 Å². The van der Waals surface area contributed by atoms with Crippen LogP contribution >= 0.6 is 0 Å². The van der Waals surface area contributed by atoms with Gasteiger partial charge in [0.2, 0.25) is 5.95 Å². The number of hydrogen-bond acceptors (Lipinski definition) is 6. The van der Waals surface area contributed by atoms with E-state index in [1.807, 2.05) is 0 Å². The van der Waals surface area contributed by atoms with E-state index in [0.717, 1.165) is 24.4 Å². The van der Waals surface area contributed by atoms with Crippen molar-refractivity contribution in [1.82, 2.24) is 9.66 Å². The molecule has 0 aliphatic heterocycles. The van der Waals surface area contributed by atoms with Crippen LogP contribution < -0.4 is 10.5 Å². The van der Waals surface area contributed by atoms with E-state index >= 15 is 0 Å². The van der Waals surface area contributed by atoms with E-state index in [1.165, 1.54) is 10.9 Å². The maximum absolute atomic E-state index is 12.4. The summed E-state index contributed by atoms with van der Waals surface area (Å²) in [5.74, 6) is -0.143. The molecule has 22 heavy (non-hydrogen) atoms. The Morgan fingerprint density at radius 1 is 1.55 bits per heavy atom. The molecule has 0 bridgehead atoms. The number of nitrogen functional groups attached to an aromatic ring is 1. The number of anilines is 1. The molecule has 1 aromatic carbocycles. The number of rotatable bonds is 5. The molecule has 0 amide bonds. The van der Waals surface area contributed by atoms with Gasteiger partial charge in [-0.3, -0.25) is 10.1 Å². The maximum atomic E-state index is 12.4. The highest BCUT2D eigenvalue weighted by atomic mass is 19.3. The van der Waals surface area contributed by atoms with Crippen molar-refractivity contribution >= 4 is 17.9 Å². The minimum atomic E-state index is -3.06. The second-order valence-electron chi connectivity index (χ2n) is 4.19. The first kappa shape index (κ1) is 15.4. The Kier molecular flexibility index (Phi) is 4.30. The minimum absolute atomic E-state index is 0.0141. The van der Waals surface area contributed by atoms with Gasteiger partial charge in [0.15, 0.2) is 0 Å². The molecule has 2 N–H and O–H groups in total. The summed E-state index contributed by atoms with van der Waals surface area (Å²) in [7, 11) is 0. The topological polar surface area (TPSA) is 109 Å². The number of nitrogens with zero attached hydrogens (tertiary/aromatic N) is 4. The molecule has 10 heteroatoms. The minimum Gasteiger partial charge on any atom is -0.434 e. The molecule has 8 nitrogen and oxygen atoms in total. The van der Waals surface area contributed by atoms with Crippen molar-refractivity contribution in [2.24, 2.45) is 5.10 Å². The van der Waals surface area contributed by atoms with Crippen molar-refractivity contribution in [3.63, 3.8) is 0 Å². The molecular weight excluding hydrogens is 300 g/mol. The average molecular weight is 311 g/mol. The number of aryl methyl sites for hydroxylation is 1. The maximum Gasteiger partial charge on any atom is 0.387 e.